The van der Waals surface area contributed by atoms with E-state index in [4.69, 9.17) is 4.74 Å². The molecule has 1 aromatic heterocycles. The average molecular weight is 397 g/mol. The van der Waals surface area contributed by atoms with Gasteiger partial charge in [0.15, 0.2) is 0 Å². The van der Waals surface area contributed by atoms with Gasteiger partial charge in [-0.2, -0.15) is 0 Å². The molecule has 3 rings (SSSR count). The van der Waals surface area contributed by atoms with Crippen LogP contribution in [0.3, 0.4) is 0 Å². The first-order valence-corrected chi connectivity index (χ1v) is 9.78. The van der Waals surface area contributed by atoms with E-state index in [9.17, 15) is 14.7 Å². The number of ether oxygens (including phenoxy) is 1. The molecule has 0 aliphatic carbocycles. The van der Waals surface area contributed by atoms with Crippen molar-refractivity contribution in [2.24, 2.45) is 0 Å². The first-order valence-electron chi connectivity index (χ1n) is 8.96. The summed E-state index contributed by atoms with van der Waals surface area (Å²) in [7, 11) is 0. The number of carbonyl (C=O) groups is 2. The number of esters is 1. The van der Waals surface area contributed by atoms with Crippen molar-refractivity contribution in [3.8, 4) is 5.75 Å². The first kappa shape index (κ1) is 19.9. The summed E-state index contributed by atoms with van der Waals surface area (Å²) in [5.74, 6) is -0.559. The van der Waals surface area contributed by atoms with Crippen LogP contribution in [-0.4, -0.2) is 22.6 Å². The third kappa shape index (κ3) is 4.34. The maximum absolute atomic E-state index is 13.0. The molecule has 0 radical (unpaired) electrons. The Hall–Kier alpha value is -2.86. The Kier molecular flexibility index (Phi) is 5.42. The predicted molar refractivity (Wildman–Crippen MR) is 112 cm³/mol. The van der Waals surface area contributed by atoms with Gasteiger partial charge in [0.2, 0.25) is 5.91 Å². The molecule has 0 unspecified atom stereocenters. The van der Waals surface area contributed by atoms with Gasteiger partial charge in [0.1, 0.15) is 21.9 Å². The van der Waals surface area contributed by atoms with E-state index in [-0.39, 0.29) is 11.7 Å². The molecule has 5 nitrogen and oxygen atoms in total. The van der Waals surface area contributed by atoms with E-state index >= 15 is 0 Å². The van der Waals surface area contributed by atoms with E-state index in [1.807, 2.05) is 30.3 Å². The van der Waals surface area contributed by atoms with Gasteiger partial charge >= 0.3 is 5.97 Å². The molecule has 0 aliphatic heterocycles. The largest absolute Gasteiger partial charge is 0.508 e. The molecule has 0 aliphatic rings. The minimum absolute atomic E-state index is 0.105. The van der Waals surface area contributed by atoms with Gasteiger partial charge in [-0.05, 0) is 44.5 Å². The first-order chi connectivity index (χ1) is 13.2. The Balaban J connectivity index is 2.15. The summed E-state index contributed by atoms with van der Waals surface area (Å²) in [5, 5.41) is 11.0. The number of thiophene rings is 1. The zero-order chi connectivity index (χ0) is 20.5. The third-order valence-corrected chi connectivity index (χ3v) is 5.24. The molecule has 0 bridgehead atoms. The zero-order valence-corrected chi connectivity index (χ0v) is 17.2. The number of hydrogen-bond acceptors (Lipinski definition) is 5. The van der Waals surface area contributed by atoms with Crippen LogP contribution in [0.1, 0.15) is 43.6 Å². The van der Waals surface area contributed by atoms with E-state index < -0.39 is 11.6 Å². The second kappa shape index (κ2) is 7.64. The number of phenolic OH excluding ortho intramolecular Hbond substituents is 1. The van der Waals surface area contributed by atoms with Gasteiger partial charge in [0.25, 0.3) is 0 Å². The summed E-state index contributed by atoms with van der Waals surface area (Å²) in [4.78, 5) is 27.1. The minimum Gasteiger partial charge on any atom is -0.508 e. The molecule has 0 saturated heterocycles. The number of nitrogens with zero attached hydrogens (tertiary/aromatic N) is 1. The minimum atomic E-state index is -0.667. The fourth-order valence-corrected chi connectivity index (χ4v) is 4.15. The Morgan fingerprint density at radius 3 is 2.39 bits per heavy atom. The number of carbonyl (C=O) groups excluding carboxylic acids is 2. The van der Waals surface area contributed by atoms with Gasteiger partial charge in [-0.25, -0.2) is 4.79 Å². The number of phenols is 1. The predicted octanol–water partition coefficient (Wildman–Crippen LogP) is 5.12. The molecule has 0 saturated carbocycles. The van der Waals surface area contributed by atoms with Crippen LogP contribution in [0, 0.1) is 0 Å². The van der Waals surface area contributed by atoms with Crippen LogP contribution in [0.25, 0.3) is 10.1 Å². The normalized spacial score (nSPS) is 11.4. The highest BCUT2D eigenvalue weighted by molar-refractivity contribution is 7.23. The van der Waals surface area contributed by atoms with Gasteiger partial charge in [0.05, 0.1) is 6.54 Å². The van der Waals surface area contributed by atoms with Crippen molar-refractivity contribution in [1.82, 2.24) is 0 Å². The van der Waals surface area contributed by atoms with Gasteiger partial charge in [-0.3, -0.25) is 9.69 Å². The summed E-state index contributed by atoms with van der Waals surface area (Å²) < 4.78 is 6.33. The molecule has 1 heterocycles. The van der Waals surface area contributed by atoms with Crippen LogP contribution in [0.4, 0.5) is 5.00 Å². The van der Waals surface area contributed by atoms with Crippen molar-refractivity contribution in [1.29, 1.82) is 0 Å². The number of rotatable bonds is 4. The molecule has 146 valence electrons. The van der Waals surface area contributed by atoms with Crippen molar-refractivity contribution in [3.63, 3.8) is 0 Å². The number of anilines is 1. The van der Waals surface area contributed by atoms with Crippen LogP contribution < -0.4 is 4.90 Å². The maximum Gasteiger partial charge on any atom is 0.342 e. The topological polar surface area (TPSA) is 66.8 Å². The van der Waals surface area contributed by atoms with Crippen molar-refractivity contribution in [2.75, 3.05) is 4.90 Å². The third-order valence-electron chi connectivity index (χ3n) is 4.07. The van der Waals surface area contributed by atoms with E-state index in [0.717, 1.165) is 10.3 Å². The highest BCUT2D eigenvalue weighted by Crippen LogP contribution is 2.41. The molecular weight excluding hydrogens is 374 g/mol. The highest BCUT2D eigenvalue weighted by atomic mass is 32.1. The van der Waals surface area contributed by atoms with E-state index in [2.05, 4.69) is 0 Å². The maximum atomic E-state index is 13.0. The zero-order valence-electron chi connectivity index (χ0n) is 16.4. The van der Waals surface area contributed by atoms with Gasteiger partial charge in [0, 0.05) is 17.0 Å². The number of fused-ring (bicyclic) bond motifs is 1. The van der Waals surface area contributed by atoms with Gasteiger partial charge in [-0.1, -0.05) is 30.3 Å². The Labute approximate surface area is 168 Å². The Morgan fingerprint density at radius 2 is 1.79 bits per heavy atom. The summed E-state index contributed by atoms with van der Waals surface area (Å²) in [5.41, 5.74) is 0.634. The monoisotopic (exact) mass is 397 g/mol. The fourth-order valence-electron chi connectivity index (χ4n) is 2.88. The standard InChI is InChI=1S/C22H23NO4S/c1-14(24)23(13-15-8-6-5-7-9-15)20-19(21(26)27-22(2,3)4)17-11-10-16(25)12-18(17)28-20/h5-12,25H,13H2,1-4H3. The molecular formula is C22H23NO4S. The summed E-state index contributed by atoms with van der Waals surface area (Å²) in [6, 6.07) is 14.4. The molecule has 1 N–H and O–H groups in total. The van der Waals surface area contributed by atoms with Crippen LogP contribution in [0.15, 0.2) is 48.5 Å². The Bertz CT molecular complexity index is 1020. The van der Waals surface area contributed by atoms with Crippen molar-refractivity contribution >= 4 is 38.3 Å². The molecule has 1 amide bonds. The van der Waals surface area contributed by atoms with Gasteiger partial charge < -0.3 is 9.84 Å². The van der Waals surface area contributed by atoms with Crippen molar-refractivity contribution < 1.29 is 19.4 Å². The lowest BCUT2D eigenvalue weighted by Gasteiger charge is -2.23. The van der Waals surface area contributed by atoms with Crippen molar-refractivity contribution in [2.45, 2.75) is 39.8 Å². The summed E-state index contributed by atoms with van der Waals surface area (Å²) in [6.07, 6.45) is 0. The number of aromatic hydroxyl groups is 1. The van der Waals surface area contributed by atoms with E-state index in [1.54, 1.807) is 37.8 Å². The van der Waals surface area contributed by atoms with Crippen LogP contribution in [-0.2, 0) is 16.1 Å². The molecule has 0 fully saturated rings. The Morgan fingerprint density at radius 1 is 1.11 bits per heavy atom. The van der Waals surface area contributed by atoms with E-state index in [1.165, 1.54) is 24.3 Å². The lowest BCUT2D eigenvalue weighted by atomic mass is 10.1. The summed E-state index contributed by atoms with van der Waals surface area (Å²) in [6.45, 7) is 7.22. The lowest BCUT2D eigenvalue weighted by molar-refractivity contribution is -0.116. The molecule has 0 spiro atoms. The molecule has 0 atom stereocenters. The van der Waals surface area contributed by atoms with Gasteiger partial charge in [-0.15, -0.1) is 11.3 Å². The highest BCUT2D eigenvalue weighted by Gasteiger charge is 2.29. The number of benzene rings is 2. The lowest BCUT2D eigenvalue weighted by Crippen LogP contribution is -2.30. The molecule has 28 heavy (non-hydrogen) atoms. The molecule has 2 aromatic carbocycles. The number of amides is 1. The average Bonchev–Trinajstić information content (AvgIpc) is 2.97. The van der Waals surface area contributed by atoms with Crippen molar-refractivity contribution in [3.05, 3.63) is 59.7 Å². The fraction of sp³-hybridized carbons (Fsp3) is 0.273. The van der Waals surface area contributed by atoms with Crippen LogP contribution in [0.5, 0.6) is 5.75 Å². The molecule has 3 aromatic rings. The summed E-state index contributed by atoms with van der Waals surface area (Å²) >= 11 is 1.29. The number of hydrogen-bond donors (Lipinski definition) is 1. The quantitative estimate of drug-likeness (QED) is 0.621. The smallest absolute Gasteiger partial charge is 0.342 e. The van der Waals surface area contributed by atoms with Crippen LogP contribution in [0.2, 0.25) is 0 Å². The van der Waals surface area contributed by atoms with E-state index in [0.29, 0.717) is 22.5 Å². The second-order valence-electron chi connectivity index (χ2n) is 7.56. The van der Waals surface area contributed by atoms with Crippen LogP contribution >= 0.6 is 11.3 Å². The SMILES string of the molecule is CC(=O)N(Cc1ccccc1)c1sc2cc(O)ccc2c1C(=O)OC(C)(C)C. The molecule has 6 heteroatoms. The second-order valence-corrected chi connectivity index (χ2v) is 8.59.